The van der Waals surface area contributed by atoms with Crippen molar-refractivity contribution >= 4 is 11.7 Å². The van der Waals surface area contributed by atoms with E-state index in [0.29, 0.717) is 12.4 Å². The first-order valence-corrected chi connectivity index (χ1v) is 5.73. The maximum Gasteiger partial charge on any atom is 0.229 e. The predicted molar refractivity (Wildman–Crippen MR) is 64.3 cm³/mol. The van der Waals surface area contributed by atoms with Crippen molar-refractivity contribution in [3.63, 3.8) is 0 Å². The second kappa shape index (κ2) is 6.27. The minimum atomic E-state index is -0.0540. The highest BCUT2D eigenvalue weighted by atomic mass is 16.1. The Morgan fingerprint density at radius 2 is 2.31 bits per heavy atom. The second-order valence-corrected chi connectivity index (χ2v) is 3.83. The number of H-pyrrole nitrogens is 1. The molecule has 1 aromatic heterocycles. The fraction of sp³-hybridized carbons (Fsp3) is 0.636. The number of carbonyl (C=O) groups is 1. The fourth-order valence-corrected chi connectivity index (χ4v) is 1.31. The minimum Gasteiger partial charge on any atom is -0.316 e. The summed E-state index contributed by atoms with van der Waals surface area (Å²) in [5, 5.41) is 12.8. The molecule has 1 unspecified atom stereocenters. The van der Waals surface area contributed by atoms with Crippen LogP contribution < -0.4 is 10.6 Å². The van der Waals surface area contributed by atoms with E-state index in [1.54, 1.807) is 0 Å². The van der Waals surface area contributed by atoms with Gasteiger partial charge in [0.1, 0.15) is 0 Å². The van der Waals surface area contributed by atoms with Crippen molar-refractivity contribution in [2.24, 2.45) is 5.92 Å². The summed E-state index contributed by atoms with van der Waals surface area (Å²) in [5.41, 5.74) is 1.02. The van der Waals surface area contributed by atoms with Crippen molar-refractivity contribution in [1.29, 1.82) is 0 Å². The zero-order valence-electron chi connectivity index (χ0n) is 10.1. The maximum atomic E-state index is 11.7. The molecule has 0 bridgehead atoms. The van der Waals surface area contributed by atoms with Gasteiger partial charge in [-0.3, -0.25) is 9.89 Å². The van der Waals surface area contributed by atoms with Crippen molar-refractivity contribution in [2.45, 2.75) is 27.2 Å². The molecule has 1 heterocycles. The number of aromatic amines is 1. The van der Waals surface area contributed by atoms with Gasteiger partial charge in [0.25, 0.3) is 0 Å². The van der Waals surface area contributed by atoms with E-state index in [1.807, 2.05) is 26.8 Å². The summed E-state index contributed by atoms with van der Waals surface area (Å²) in [6, 6.07) is 1.86. The smallest absolute Gasteiger partial charge is 0.229 e. The number of hydrogen-bond donors (Lipinski definition) is 3. The molecule has 0 aliphatic rings. The lowest BCUT2D eigenvalue weighted by molar-refractivity contribution is -0.119. The van der Waals surface area contributed by atoms with Crippen LogP contribution in [0.3, 0.4) is 0 Å². The first-order chi connectivity index (χ1) is 7.67. The van der Waals surface area contributed by atoms with Crippen LogP contribution in [0, 0.1) is 5.92 Å². The van der Waals surface area contributed by atoms with Gasteiger partial charge in [0.2, 0.25) is 5.91 Å². The Morgan fingerprint density at radius 3 is 2.88 bits per heavy atom. The molecular weight excluding hydrogens is 204 g/mol. The first-order valence-electron chi connectivity index (χ1n) is 5.73. The van der Waals surface area contributed by atoms with Gasteiger partial charge in [0.05, 0.1) is 0 Å². The number of aryl methyl sites for hydroxylation is 1. The topological polar surface area (TPSA) is 69.8 Å². The molecule has 0 aliphatic heterocycles. The second-order valence-electron chi connectivity index (χ2n) is 3.83. The third-order valence-electron chi connectivity index (χ3n) is 2.41. The van der Waals surface area contributed by atoms with Crippen molar-refractivity contribution in [1.82, 2.24) is 15.5 Å². The number of rotatable bonds is 6. The van der Waals surface area contributed by atoms with Crippen LogP contribution in [0.2, 0.25) is 0 Å². The highest BCUT2D eigenvalue weighted by Gasteiger charge is 2.13. The van der Waals surface area contributed by atoms with Gasteiger partial charge in [-0.05, 0) is 13.0 Å². The van der Waals surface area contributed by atoms with Crippen LogP contribution in [-0.4, -0.2) is 29.2 Å². The van der Waals surface area contributed by atoms with Crippen molar-refractivity contribution in [3.05, 3.63) is 11.8 Å². The average molecular weight is 224 g/mol. The highest BCUT2D eigenvalue weighted by Crippen LogP contribution is 2.07. The molecule has 1 rings (SSSR count). The lowest BCUT2D eigenvalue weighted by Gasteiger charge is -2.10. The Hall–Kier alpha value is -1.36. The van der Waals surface area contributed by atoms with Gasteiger partial charge in [0, 0.05) is 24.2 Å². The van der Waals surface area contributed by atoms with Crippen molar-refractivity contribution in [3.8, 4) is 0 Å². The number of anilines is 1. The van der Waals surface area contributed by atoms with Gasteiger partial charge < -0.3 is 10.6 Å². The van der Waals surface area contributed by atoms with Crippen LogP contribution >= 0.6 is 0 Å². The summed E-state index contributed by atoms with van der Waals surface area (Å²) >= 11 is 0. The fourth-order valence-electron chi connectivity index (χ4n) is 1.31. The summed E-state index contributed by atoms with van der Waals surface area (Å²) in [4.78, 5) is 11.7. The molecule has 0 aromatic carbocycles. The van der Waals surface area contributed by atoms with Crippen LogP contribution in [0.4, 0.5) is 5.82 Å². The Balaban J connectivity index is 2.44. The SMILES string of the molecule is CCNCC(C)C(=O)Nc1cc(CC)[nH]n1. The Bertz CT molecular complexity index is 334. The Morgan fingerprint density at radius 1 is 1.56 bits per heavy atom. The Labute approximate surface area is 96.0 Å². The molecule has 0 saturated carbocycles. The number of nitrogens with zero attached hydrogens (tertiary/aromatic N) is 1. The molecule has 0 saturated heterocycles. The highest BCUT2D eigenvalue weighted by molar-refractivity contribution is 5.91. The third kappa shape index (κ3) is 3.66. The van der Waals surface area contributed by atoms with E-state index in [-0.39, 0.29) is 11.8 Å². The summed E-state index contributed by atoms with van der Waals surface area (Å²) in [5.74, 6) is 0.544. The molecule has 90 valence electrons. The van der Waals surface area contributed by atoms with Gasteiger partial charge in [0.15, 0.2) is 5.82 Å². The lowest BCUT2D eigenvalue weighted by atomic mass is 10.1. The van der Waals surface area contributed by atoms with Crippen LogP contribution in [0.1, 0.15) is 26.5 Å². The van der Waals surface area contributed by atoms with Gasteiger partial charge >= 0.3 is 0 Å². The third-order valence-corrected chi connectivity index (χ3v) is 2.41. The molecule has 5 nitrogen and oxygen atoms in total. The predicted octanol–water partition coefficient (Wildman–Crippen LogP) is 1.16. The largest absolute Gasteiger partial charge is 0.316 e. The molecule has 0 fully saturated rings. The molecule has 1 atom stereocenters. The van der Waals surface area contributed by atoms with Crippen LogP contribution in [-0.2, 0) is 11.2 Å². The monoisotopic (exact) mass is 224 g/mol. The van der Waals surface area contributed by atoms with E-state index in [2.05, 4.69) is 20.8 Å². The summed E-state index contributed by atoms with van der Waals surface area (Å²) in [7, 11) is 0. The number of aromatic nitrogens is 2. The van der Waals surface area contributed by atoms with Crippen LogP contribution in [0.25, 0.3) is 0 Å². The summed E-state index contributed by atoms with van der Waals surface area (Å²) < 4.78 is 0. The van der Waals surface area contributed by atoms with Crippen LogP contribution in [0.5, 0.6) is 0 Å². The van der Waals surface area contributed by atoms with E-state index in [1.165, 1.54) is 0 Å². The minimum absolute atomic E-state index is 0.00453. The van der Waals surface area contributed by atoms with Gasteiger partial charge in [-0.2, -0.15) is 5.10 Å². The lowest BCUT2D eigenvalue weighted by Crippen LogP contribution is -2.30. The number of amides is 1. The van der Waals surface area contributed by atoms with Gasteiger partial charge in [-0.15, -0.1) is 0 Å². The first kappa shape index (κ1) is 12.7. The molecule has 3 N–H and O–H groups in total. The van der Waals surface area contributed by atoms with E-state index >= 15 is 0 Å². The summed E-state index contributed by atoms with van der Waals surface area (Å²) in [6.45, 7) is 7.51. The van der Waals surface area contributed by atoms with Crippen molar-refractivity contribution in [2.75, 3.05) is 18.4 Å². The quantitative estimate of drug-likeness (QED) is 0.679. The van der Waals surface area contributed by atoms with E-state index < -0.39 is 0 Å². The number of nitrogens with one attached hydrogen (secondary N) is 3. The average Bonchev–Trinajstić information content (AvgIpc) is 2.73. The molecular formula is C11H20N4O. The van der Waals surface area contributed by atoms with Gasteiger partial charge in [-0.25, -0.2) is 0 Å². The van der Waals surface area contributed by atoms with E-state index in [0.717, 1.165) is 18.7 Å². The van der Waals surface area contributed by atoms with Gasteiger partial charge in [-0.1, -0.05) is 20.8 Å². The molecule has 0 aliphatic carbocycles. The summed E-state index contributed by atoms with van der Waals surface area (Å²) in [6.07, 6.45) is 0.885. The molecule has 16 heavy (non-hydrogen) atoms. The van der Waals surface area contributed by atoms with E-state index in [4.69, 9.17) is 0 Å². The van der Waals surface area contributed by atoms with E-state index in [9.17, 15) is 4.79 Å². The standard InChI is InChI=1S/C11H20N4O/c1-4-9-6-10(15-14-9)13-11(16)8(3)7-12-5-2/h6,8,12H,4-5,7H2,1-3H3,(H2,13,14,15,16). The molecule has 0 spiro atoms. The normalized spacial score (nSPS) is 12.4. The Kier molecular flexibility index (Phi) is 4.98. The zero-order valence-corrected chi connectivity index (χ0v) is 10.1. The van der Waals surface area contributed by atoms with Crippen molar-refractivity contribution < 1.29 is 4.79 Å². The zero-order chi connectivity index (χ0) is 12.0. The number of carbonyl (C=O) groups excluding carboxylic acids is 1. The molecule has 0 radical (unpaired) electrons. The number of hydrogen-bond acceptors (Lipinski definition) is 3. The van der Waals surface area contributed by atoms with Crippen LogP contribution in [0.15, 0.2) is 6.07 Å². The molecule has 1 amide bonds. The maximum absolute atomic E-state index is 11.7. The molecule has 1 aromatic rings. The molecule has 5 heteroatoms.